The summed E-state index contributed by atoms with van der Waals surface area (Å²) in [6.07, 6.45) is 12.0. The lowest BCUT2D eigenvalue weighted by atomic mass is 9.45. The summed E-state index contributed by atoms with van der Waals surface area (Å²) in [4.78, 5) is 2.52. The highest BCUT2D eigenvalue weighted by Crippen LogP contribution is 2.66. The lowest BCUT2D eigenvalue weighted by Gasteiger charge is -2.61. The molecule has 0 aromatic rings. The molecule has 0 radical (unpaired) electrons. The second kappa shape index (κ2) is 5.46. The molecule has 0 bridgehead atoms. The van der Waals surface area contributed by atoms with E-state index in [9.17, 15) is 5.11 Å². The van der Waals surface area contributed by atoms with E-state index < -0.39 is 0 Å². The summed E-state index contributed by atoms with van der Waals surface area (Å²) >= 11 is 0. The summed E-state index contributed by atoms with van der Waals surface area (Å²) < 4.78 is 0. The summed E-state index contributed by atoms with van der Waals surface area (Å²) in [6.45, 7) is 5.21. The Labute approximate surface area is 143 Å². The Kier molecular flexibility index (Phi) is 3.89. The van der Waals surface area contributed by atoms with Gasteiger partial charge >= 0.3 is 0 Å². The zero-order chi connectivity index (χ0) is 16.4. The minimum absolute atomic E-state index is 0.0110. The highest BCUT2D eigenvalue weighted by molar-refractivity contribution is 5.10. The maximum atomic E-state index is 10.1. The van der Waals surface area contributed by atoms with Crippen LogP contribution < -0.4 is 0 Å². The zero-order valence-corrected chi connectivity index (χ0v) is 15.7. The van der Waals surface area contributed by atoms with Gasteiger partial charge in [0.25, 0.3) is 0 Å². The van der Waals surface area contributed by atoms with Gasteiger partial charge in [-0.3, -0.25) is 0 Å². The zero-order valence-electron chi connectivity index (χ0n) is 15.7. The van der Waals surface area contributed by atoms with Gasteiger partial charge in [0.05, 0.1) is 6.10 Å². The molecule has 8 atom stereocenters. The second-order valence-electron chi connectivity index (χ2n) is 10.2. The molecular formula is C21H37NO. The normalized spacial score (nSPS) is 56.1. The monoisotopic (exact) mass is 319 g/mol. The van der Waals surface area contributed by atoms with E-state index in [0.717, 1.165) is 42.6 Å². The van der Waals surface area contributed by atoms with E-state index in [4.69, 9.17) is 0 Å². The van der Waals surface area contributed by atoms with Crippen molar-refractivity contribution in [2.45, 2.75) is 83.8 Å². The van der Waals surface area contributed by atoms with Gasteiger partial charge in [-0.1, -0.05) is 13.8 Å². The van der Waals surface area contributed by atoms with Gasteiger partial charge in [-0.25, -0.2) is 0 Å². The molecule has 4 fully saturated rings. The van der Waals surface area contributed by atoms with Crippen molar-refractivity contribution in [3.8, 4) is 0 Å². The van der Waals surface area contributed by atoms with Crippen molar-refractivity contribution < 1.29 is 5.11 Å². The molecule has 0 saturated heterocycles. The minimum atomic E-state index is -0.0110. The molecule has 132 valence electrons. The van der Waals surface area contributed by atoms with Gasteiger partial charge in [-0.05, 0) is 106 Å². The molecule has 2 nitrogen and oxygen atoms in total. The van der Waals surface area contributed by atoms with Gasteiger partial charge < -0.3 is 10.0 Å². The lowest BCUT2D eigenvalue weighted by molar-refractivity contribution is -0.127. The molecule has 1 N–H and O–H groups in total. The molecule has 0 aliphatic heterocycles. The first-order valence-corrected chi connectivity index (χ1v) is 10.2. The Bertz CT molecular complexity index is 463. The quantitative estimate of drug-likeness (QED) is 0.778. The van der Waals surface area contributed by atoms with Crippen LogP contribution in [0.5, 0.6) is 0 Å². The minimum Gasteiger partial charge on any atom is -0.393 e. The van der Waals surface area contributed by atoms with Crippen LogP contribution in [-0.2, 0) is 0 Å². The van der Waals surface area contributed by atoms with Crippen LogP contribution in [0.3, 0.4) is 0 Å². The number of rotatable bonds is 1. The molecule has 23 heavy (non-hydrogen) atoms. The van der Waals surface area contributed by atoms with Crippen molar-refractivity contribution in [3.05, 3.63) is 0 Å². The van der Waals surface area contributed by atoms with Crippen LogP contribution in [0.15, 0.2) is 0 Å². The largest absolute Gasteiger partial charge is 0.393 e. The maximum Gasteiger partial charge on any atom is 0.0543 e. The molecule has 0 heterocycles. The third-order valence-corrected chi connectivity index (χ3v) is 9.21. The molecule has 4 aliphatic rings. The third kappa shape index (κ3) is 2.27. The van der Waals surface area contributed by atoms with E-state index >= 15 is 0 Å². The Morgan fingerprint density at radius 3 is 2.26 bits per heavy atom. The second-order valence-corrected chi connectivity index (χ2v) is 10.2. The summed E-state index contributed by atoms with van der Waals surface area (Å²) in [5.74, 6) is 3.66. The van der Waals surface area contributed by atoms with Crippen LogP contribution in [-0.4, -0.2) is 36.2 Å². The molecular weight excluding hydrogens is 282 g/mol. The van der Waals surface area contributed by atoms with Crippen molar-refractivity contribution in [1.29, 1.82) is 0 Å². The van der Waals surface area contributed by atoms with E-state index in [0.29, 0.717) is 10.8 Å². The fourth-order valence-electron chi connectivity index (χ4n) is 8.06. The van der Waals surface area contributed by atoms with Crippen LogP contribution >= 0.6 is 0 Å². The Balaban J connectivity index is 1.60. The van der Waals surface area contributed by atoms with Crippen molar-refractivity contribution in [1.82, 2.24) is 4.90 Å². The number of fused-ring (bicyclic) bond motifs is 5. The van der Waals surface area contributed by atoms with Gasteiger partial charge in [-0.15, -0.1) is 0 Å². The van der Waals surface area contributed by atoms with Crippen molar-refractivity contribution >= 4 is 0 Å². The van der Waals surface area contributed by atoms with Crippen LogP contribution in [0.2, 0.25) is 0 Å². The molecule has 0 spiro atoms. The molecule has 2 heteroatoms. The van der Waals surface area contributed by atoms with Crippen LogP contribution in [0, 0.1) is 34.5 Å². The van der Waals surface area contributed by atoms with E-state index in [2.05, 4.69) is 32.8 Å². The van der Waals surface area contributed by atoms with E-state index in [1.54, 1.807) is 0 Å². The highest BCUT2D eigenvalue weighted by atomic mass is 16.3. The third-order valence-electron chi connectivity index (χ3n) is 9.21. The molecule has 0 aromatic carbocycles. The standard InChI is InChI=1S/C21H37NO/c1-20-11-9-15(23)13-14(20)5-6-16-17-7-8-19(22(3)4)21(17,2)12-10-18(16)20/h14-19,23H,5-13H2,1-4H3/t14-,15+,16-,17+,18-,19-,20-,21-/m0/s1. The first-order chi connectivity index (χ1) is 10.9. The Hall–Kier alpha value is -0.0800. The predicted molar refractivity (Wildman–Crippen MR) is 95.2 cm³/mol. The predicted octanol–water partition coefficient (Wildman–Crippen LogP) is 4.32. The average Bonchev–Trinajstić information content (AvgIpc) is 2.85. The smallest absolute Gasteiger partial charge is 0.0543 e. The van der Waals surface area contributed by atoms with E-state index in [-0.39, 0.29) is 6.10 Å². The van der Waals surface area contributed by atoms with E-state index in [1.165, 1.54) is 44.9 Å². The molecule has 0 aromatic heterocycles. The molecule has 4 aliphatic carbocycles. The van der Waals surface area contributed by atoms with Gasteiger partial charge in [0.1, 0.15) is 0 Å². The van der Waals surface area contributed by atoms with Crippen molar-refractivity contribution in [2.24, 2.45) is 34.5 Å². The molecule has 4 saturated carbocycles. The fourth-order valence-corrected chi connectivity index (χ4v) is 8.06. The summed E-state index contributed by atoms with van der Waals surface area (Å²) in [5, 5.41) is 10.1. The van der Waals surface area contributed by atoms with Crippen LogP contribution in [0.25, 0.3) is 0 Å². The number of hydrogen-bond acceptors (Lipinski definition) is 2. The first-order valence-electron chi connectivity index (χ1n) is 10.2. The van der Waals surface area contributed by atoms with Crippen LogP contribution in [0.4, 0.5) is 0 Å². The molecule has 0 unspecified atom stereocenters. The fraction of sp³-hybridized carbons (Fsp3) is 1.00. The number of nitrogens with zero attached hydrogens (tertiary/aromatic N) is 1. The maximum absolute atomic E-state index is 10.1. The lowest BCUT2D eigenvalue weighted by Crippen LogP contribution is -2.55. The average molecular weight is 320 g/mol. The topological polar surface area (TPSA) is 23.5 Å². The molecule has 4 rings (SSSR count). The first kappa shape index (κ1) is 16.4. The van der Waals surface area contributed by atoms with E-state index in [1.807, 2.05) is 0 Å². The number of aliphatic hydroxyl groups excluding tert-OH is 1. The molecule has 0 amide bonds. The van der Waals surface area contributed by atoms with Gasteiger partial charge in [0.15, 0.2) is 0 Å². The Morgan fingerprint density at radius 1 is 0.826 bits per heavy atom. The highest BCUT2D eigenvalue weighted by Gasteiger charge is 2.60. The van der Waals surface area contributed by atoms with Crippen molar-refractivity contribution in [3.63, 3.8) is 0 Å². The van der Waals surface area contributed by atoms with Gasteiger partial charge in [0.2, 0.25) is 0 Å². The number of aliphatic hydroxyl groups is 1. The summed E-state index contributed by atoms with van der Waals surface area (Å²) in [6, 6.07) is 0.798. The SMILES string of the molecule is CN(C)[C@H]1CC[C@@H]2[C@@H]3CC[C@H]4C[C@H](O)CC[C@]4(C)[C@H]3CC[C@@]21C. The van der Waals surface area contributed by atoms with Crippen LogP contribution in [0.1, 0.15) is 71.6 Å². The Morgan fingerprint density at radius 2 is 1.52 bits per heavy atom. The summed E-state index contributed by atoms with van der Waals surface area (Å²) in [5.41, 5.74) is 1.09. The number of hydrogen-bond donors (Lipinski definition) is 1. The van der Waals surface area contributed by atoms with Crippen molar-refractivity contribution in [2.75, 3.05) is 14.1 Å². The van der Waals surface area contributed by atoms with Gasteiger partial charge in [-0.2, -0.15) is 0 Å². The van der Waals surface area contributed by atoms with Gasteiger partial charge in [0, 0.05) is 6.04 Å². The summed E-state index contributed by atoms with van der Waals surface area (Å²) in [7, 11) is 4.59.